The molecule has 0 aliphatic rings. The van der Waals surface area contributed by atoms with Crippen LogP contribution in [0.1, 0.15) is 24.2 Å². The highest BCUT2D eigenvalue weighted by atomic mass is 35.5. The van der Waals surface area contributed by atoms with Gasteiger partial charge in [-0.15, -0.1) is 11.3 Å². The Morgan fingerprint density at radius 2 is 1.75 bits per heavy atom. The van der Waals surface area contributed by atoms with Gasteiger partial charge in [-0.1, -0.05) is 29.3 Å². The standard InChI is InChI=1S/C14H7Cl2NO2S.C3H9N/c15-7-1-3-9(14(18)19)10(5-7)13-17-11-6-8(16)2-4-12(11)20-13;1-3(2)4/h1-6H,(H,18,19);3H,4H2,1-2H3. The van der Waals surface area contributed by atoms with Crippen LogP contribution in [0.25, 0.3) is 20.8 Å². The predicted octanol–water partition coefficient (Wildman–Crippen LogP) is 3.27. The van der Waals surface area contributed by atoms with Crippen molar-refractivity contribution in [2.45, 2.75) is 19.9 Å². The molecule has 1 heterocycles. The number of rotatable bonds is 2. The van der Waals surface area contributed by atoms with Crippen molar-refractivity contribution < 1.29 is 15.6 Å². The minimum absolute atomic E-state index is 0.0690. The van der Waals surface area contributed by atoms with Crippen molar-refractivity contribution >= 4 is 50.7 Å². The Morgan fingerprint density at radius 3 is 2.38 bits per heavy atom. The normalized spacial score (nSPS) is 10.6. The molecule has 0 aliphatic carbocycles. The predicted molar refractivity (Wildman–Crippen MR) is 97.4 cm³/mol. The van der Waals surface area contributed by atoms with E-state index in [0.717, 1.165) is 10.2 Å². The summed E-state index contributed by atoms with van der Waals surface area (Å²) < 4.78 is 0.925. The topological polar surface area (TPSA) is 80.7 Å². The maximum Gasteiger partial charge on any atom is 0.125 e. The monoisotopic (exact) mass is 382 g/mol. The molecule has 0 aliphatic heterocycles. The molecular formula is C17H16Cl2N2O2S. The molecular weight excluding hydrogens is 367 g/mol. The zero-order chi connectivity index (χ0) is 17.9. The first-order valence-electron chi connectivity index (χ1n) is 7.18. The summed E-state index contributed by atoms with van der Waals surface area (Å²) >= 11 is 13.2. The van der Waals surface area contributed by atoms with Gasteiger partial charge >= 0.3 is 0 Å². The third kappa shape index (κ3) is 4.68. The van der Waals surface area contributed by atoms with Gasteiger partial charge in [-0.2, -0.15) is 0 Å². The second-order valence-electron chi connectivity index (χ2n) is 5.50. The summed E-state index contributed by atoms with van der Waals surface area (Å²) in [5.41, 5.74) is 4.89. The largest absolute Gasteiger partial charge is 0.545 e. The highest BCUT2D eigenvalue weighted by Crippen LogP contribution is 2.34. The summed E-state index contributed by atoms with van der Waals surface area (Å²) in [5.74, 6) is -1.26. The number of hydrogen-bond donors (Lipinski definition) is 1. The molecule has 0 unspecified atom stereocenters. The van der Waals surface area contributed by atoms with Crippen LogP contribution in [0.3, 0.4) is 0 Å². The van der Waals surface area contributed by atoms with Crippen LogP contribution >= 0.6 is 34.5 Å². The van der Waals surface area contributed by atoms with Crippen LogP contribution in [-0.4, -0.2) is 17.0 Å². The average Bonchev–Trinajstić information content (AvgIpc) is 2.89. The van der Waals surface area contributed by atoms with Crippen molar-refractivity contribution in [1.29, 1.82) is 0 Å². The van der Waals surface area contributed by atoms with Gasteiger partial charge in [-0.3, -0.25) is 0 Å². The number of quaternary nitrogens is 1. The van der Waals surface area contributed by atoms with Crippen LogP contribution in [-0.2, 0) is 0 Å². The van der Waals surface area contributed by atoms with Crippen molar-refractivity contribution in [3.05, 3.63) is 52.0 Å². The Balaban J connectivity index is 0.000000471. The quantitative estimate of drug-likeness (QED) is 0.738. The molecule has 2 aromatic carbocycles. The van der Waals surface area contributed by atoms with Gasteiger partial charge in [0.05, 0.1) is 22.2 Å². The second kappa shape index (κ2) is 7.94. The van der Waals surface area contributed by atoms with Gasteiger partial charge < -0.3 is 15.6 Å². The maximum absolute atomic E-state index is 11.2. The molecule has 0 atom stereocenters. The van der Waals surface area contributed by atoms with E-state index < -0.39 is 5.97 Å². The Kier molecular flexibility index (Phi) is 6.18. The van der Waals surface area contributed by atoms with Crippen LogP contribution in [0, 0.1) is 0 Å². The highest BCUT2D eigenvalue weighted by Gasteiger charge is 2.12. The lowest BCUT2D eigenvalue weighted by atomic mass is 10.1. The van der Waals surface area contributed by atoms with Crippen LogP contribution in [0.4, 0.5) is 0 Å². The summed E-state index contributed by atoms with van der Waals surface area (Å²) in [6.45, 7) is 4.11. The number of carboxylic acid groups (broad SMARTS) is 1. The van der Waals surface area contributed by atoms with Gasteiger partial charge in [-0.25, -0.2) is 4.98 Å². The smallest absolute Gasteiger partial charge is 0.125 e. The van der Waals surface area contributed by atoms with Crippen LogP contribution in [0.2, 0.25) is 10.0 Å². The highest BCUT2D eigenvalue weighted by molar-refractivity contribution is 7.21. The zero-order valence-electron chi connectivity index (χ0n) is 13.2. The summed E-state index contributed by atoms with van der Waals surface area (Å²) in [6, 6.07) is 10.4. The van der Waals surface area contributed by atoms with E-state index in [1.807, 2.05) is 6.07 Å². The van der Waals surface area contributed by atoms with E-state index in [-0.39, 0.29) is 5.56 Å². The SMILES string of the molecule is CC(C)[NH3+].O=C([O-])c1ccc(Cl)cc1-c1nc2cc(Cl)ccc2s1. The van der Waals surface area contributed by atoms with Crippen molar-refractivity contribution in [3.8, 4) is 10.6 Å². The fraction of sp³-hybridized carbons (Fsp3) is 0.176. The second-order valence-corrected chi connectivity index (χ2v) is 7.41. The zero-order valence-corrected chi connectivity index (χ0v) is 15.5. The first kappa shape index (κ1) is 18.7. The molecule has 3 rings (SSSR count). The molecule has 0 bridgehead atoms. The summed E-state index contributed by atoms with van der Waals surface area (Å²) in [7, 11) is 0. The Bertz CT molecular complexity index is 875. The molecule has 0 fully saturated rings. The summed E-state index contributed by atoms with van der Waals surface area (Å²) in [5, 5.41) is 12.8. The van der Waals surface area contributed by atoms with Gasteiger partial charge in [-0.05, 0) is 44.2 Å². The van der Waals surface area contributed by atoms with E-state index in [4.69, 9.17) is 23.2 Å². The number of nitrogens with zero attached hydrogens (tertiary/aromatic N) is 1. The number of aromatic nitrogens is 1. The van der Waals surface area contributed by atoms with Gasteiger partial charge in [0.25, 0.3) is 0 Å². The molecule has 0 saturated heterocycles. The summed E-state index contributed by atoms with van der Waals surface area (Å²) in [4.78, 5) is 15.6. The van der Waals surface area contributed by atoms with E-state index in [1.54, 1.807) is 18.2 Å². The van der Waals surface area contributed by atoms with Gasteiger partial charge in [0.15, 0.2) is 0 Å². The number of carboxylic acids is 1. The molecule has 1 aromatic heterocycles. The lowest BCUT2D eigenvalue weighted by Gasteiger charge is -2.08. The van der Waals surface area contributed by atoms with Gasteiger partial charge in [0, 0.05) is 21.2 Å². The lowest BCUT2D eigenvalue weighted by molar-refractivity contribution is -0.407. The number of aromatic carboxylic acids is 1. The van der Waals surface area contributed by atoms with Crippen molar-refractivity contribution in [2.24, 2.45) is 0 Å². The molecule has 4 nitrogen and oxygen atoms in total. The van der Waals surface area contributed by atoms with Crippen molar-refractivity contribution in [2.75, 3.05) is 0 Å². The molecule has 0 saturated carbocycles. The maximum atomic E-state index is 11.2. The van der Waals surface area contributed by atoms with E-state index >= 15 is 0 Å². The van der Waals surface area contributed by atoms with Crippen molar-refractivity contribution in [3.63, 3.8) is 0 Å². The number of carbonyl (C=O) groups is 1. The van der Waals surface area contributed by atoms with Gasteiger partial charge in [0.1, 0.15) is 5.01 Å². The number of hydrogen-bond acceptors (Lipinski definition) is 4. The third-order valence-corrected chi connectivity index (χ3v) is 4.32. The number of benzene rings is 2. The molecule has 0 radical (unpaired) electrons. The van der Waals surface area contributed by atoms with Crippen LogP contribution in [0.5, 0.6) is 0 Å². The fourth-order valence-corrected chi connectivity index (χ4v) is 3.20. The Morgan fingerprint density at radius 1 is 1.17 bits per heavy atom. The van der Waals surface area contributed by atoms with Crippen molar-refractivity contribution in [1.82, 2.24) is 4.98 Å². The molecule has 3 N–H and O–H groups in total. The van der Waals surface area contributed by atoms with E-state index in [1.165, 1.54) is 23.5 Å². The molecule has 0 spiro atoms. The number of halogens is 2. The lowest BCUT2D eigenvalue weighted by Crippen LogP contribution is -2.57. The molecule has 3 aromatic rings. The van der Waals surface area contributed by atoms with Crippen LogP contribution < -0.4 is 10.8 Å². The Labute approximate surface area is 153 Å². The third-order valence-electron chi connectivity index (χ3n) is 2.78. The number of carbonyl (C=O) groups excluding carboxylic acids is 1. The Hall–Kier alpha value is -1.66. The van der Waals surface area contributed by atoms with Crippen LogP contribution in [0.15, 0.2) is 36.4 Å². The van der Waals surface area contributed by atoms with E-state index in [2.05, 4.69) is 24.6 Å². The number of thiazole rings is 1. The summed E-state index contributed by atoms with van der Waals surface area (Å²) in [6.07, 6.45) is 0. The first-order chi connectivity index (χ1) is 11.3. The molecule has 126 valence electrons. The molecule has 0 amide bonds. The first-order valence-corrected chi connectivity index (χ1v) is 8.75. The minimum atomic E-state index is -1.26. The van der Waals surface area contributed by atoms with E-state index in [9.17, 15) is 9.90 Å². The minimum Gasteiger partial charge on any atom is -0.545 e. The van der Waals surface area contributed by atoms with Gasteiger partial charge in [0.2, 0.25) is 0 Å². The fourth-order valence-electron chi connectivity index (χ4n) is 1.89. The molecule has 24 heavy (non-hydrogen) atoms. The van der Waals surface area contributed by atoms with E-state index in [0.29, 0.717) is 26.7 Å². The average molecular weight is 383 g/mol. The number of fused-ring (bicyclic) bond motifs is 1. The molecule has 7 heteroatoms.